The Labute approximate surface area is 188 Å². The van der Waals surface area contributed by atoms with Crippen molar-refractivity contribution >= 4 is 41.1 Å². The van der Waals surface area contributed by atoms with Crippen LogP contribution in [0.5, 0.6) is 0 Å². The van der Waals surface area contributed by atoms with Gasteiger partial charge in [0.15, 0.2) is 0 Å². The van der Waals surface area contributed by atoms with Gasteiger partial charge in [-0.25, -0.2) is 13.2 Å². The third-order valence-corrected chi connectivity index (χ3v) is 5.65. The lowest BCUT2D eigenvalue weighted by atomic mass is 10.1. The van der Waals surface area contributed by atoms with Crippen LogP contribution >= 0.6 is 11.6 Å². The maximum atomic E-state index is 12.6. The summed E-state index contributed by atoms with van der Waals surface area (Å²) in [4.78, 5) is 12.6. The van der Waals surface area contributed by atoms with E-state index in [9.17, 15) is 13.2 Å². The monoisotopic (exact) mass is 468 g/mol. The predicted octanol–water partition coefficient (Wildman–Crippen LogP) is 4.28. The first-order valence-corrected chi connectivity index (χ1v) is 11.3. The van der Waals surface area contributed by atoms with Crippen LogP contribution in [-0.2, 0) is 24.2 Å². The molecule has 1 N–H and O–H groups in total. The van der Waals surface area contributed by atoms with Crippen molar-refractivity contribution in [2.24, 2.45) is 0 Å². The van der Waals surface area contributed by atoms with Gasteiger partial charge < -0.3 is 9.39 Å². The molecule has 0 spiro atoms. The lowest BCUT2D eigenvalue weighted by Gasteiger charge is -2.30. The Morgan fingerprint density at radius 2 is 1.68 bits per heavy atom. The summed E-state index contributed by atoms with van der Waals surface area (Å²) in [6.07, 6.45) is -0.682. The number of hydroxylamine groups is 2. The van der Waals surface area contributed by atoms with Gasteiger partial charge in [0.05, 0.1) is 10.9 Å². The van der Waals surface area contributed by atoms with Crippen LogP contribution in [0.2, 0.25) is 5.02 Å². The summed E-state index contributed by atoms with van der Waals surface area (Å²) in [6, 6.07) is 11.9. The van der Waals surface area contributed by atoms with Gasteiger partial charge in [0.1, 0.15) is 5.60 Å². The van der Waals surface area contributed by atoms with Crippen LogP contribution in [0.3, 0.4) is 0 Å². The molecule has 0 aliphatic carbocycles. The number of carbonyl (C=O) groups is 1. The predicted molar refractivity (Wildman–Crippen MR) is 120 cm³/mol. The molecule has 0 bridgehead atoms. The van der Waals surface area contributed by atoms with Crippen molar-refractivity contribution in [3.8, 4) is 0 Å². The van der Waals surface area contributed by atoms with Gasteiger partial charge in [0.2, 0.25) is 0 Å². The minimum Gasteiger partial charge on any atom is -0.442 e. The third kappa shape index (κ3) is 7.43. The molecule has 2 rings (SSSR count). The van der Waals surface area contributed by atoms with Gasteiger partial charge in [-0.05, 0) is 69.7 Å². The van der Waals surface area contributed by atoms with E-state index in [1.54, 1.807) is 64.1 Å². The van der Waals surface area contributed by atoms with Crippen LogP contribution in [-0.4, -0.2) is 40.0 Å². The number of carbonyl (C=O) groups excluding carboxylic acids is 1. The molecule has 168 valence electrons. The zero-order valence-electron chi connectivity index (χ0n) is 18.1. The Morgan fingerprint density at radius 1 is 1.10 bits per heavy atom. The van der Waals surface area contributed by atoms with E-state index < -0.39 is 27.8 Å². The van der Waals surface area contributed by atoms with Crippen molar-refractivity contribution in [1.29, 1.82) is 0 Å². The molecule has 1 unspecified atom stereocenters. The summed E-state index contributed by atoms with van der Waals surface area (Å²) in [5, 5.41) is 1.57. The highest BCUT2D eigenvalue weighted by atomic mass is 35.5. The molecule has 2 aromatic carbocycles. The van der Waals surface area contributed by atoms with E-state index in [4.69, 9.17) is 25.7 Å². The molecule has 0 heterocycles. The molecule has 1 atom stereocenters. The van der Waals surface area contributed by atoms with Crippen LogP contribution in [0.25, 0.3) is 0 Å². The summed E-state index contributed by atoms with van der Waals surface area (Å²) in [7, 11) is -2.51. The topological polar surface area (TPSA) is 94.2 Å². The number of hydrogen-bond acceptors (Lipinski definition) is 6. The zero-order valence-corrected chi connectivity index (χ0v) is 19.7. The second kappa shape index (κ2) is 10.4. The number of amides is 1. The van der Waals surface area contributed by atoms with E-state index in [1.807, 2.05) is 0 Å². The summed E-state index contributed by atoms with van der Waals surface area (Å²) in [5.74, 6) is 0. The van der Waals surface area contributed by atoms with Crippen molar-refractivity contribution in [2.45, 2.75) is 44.2 Å². The third-order valence-electron chi connectivity index (χ3n) is 4.00. The van der Waals surface area contributed by atoms with E-state index >= 15 is 0 Å². The Bertz CT molecular complexity index is 978. The summed E-state index contributed by atoms with van der Waals surface area (Å²) < 4.78 is 43.4. The van der Waals surface area contributed by atoms with Gasteiger partial charge >= 0.3 is 13.8 Å². The van der Waals surface area contributed by atoms with Gasteiger partial charge in [-0.3, -0.25) is 9.48 Å². The molecule has 0 radical (unpaired) electrons. The molecule has 2 aromatic rings. The highest BCUT2D eigenvalue weighted by Gasteiger charge is 2.28. The van der Waals surface area contributed by atoms with Crippen LogP contribution in [0.15, 0.2) is 53.4 Å². The highest BCUT2D eigenvalue weighted by Crippen LogP contribution is 2.25. The van der Waals surface area contributed by atoms with Gasteiger partial charge in [-0.15, -0.1) is 0 Å². The first kappa shape index (κ1) is 25.0. The maximum Gasteiger partial charge on any atom is 0.464 e. The standard InChI is InChI=1S/C20H26BClN2O6S/c1-14(24(30-21-28-5)19(25)29-20(2,3)4)15-6-12-18(13-7-15)31(26,27)23-17-10-8-16(22)9-11-17/h6-14,21,23H,1-5H3. The van der Waals surface area contributed by atoms with E-state index in [0.717, 1.165) is 5.06 Å². The summed E-state index contributed by atoms with van der Waals surface area (Å²) in [5.41, 5.74) is 0.329. The number of anilines is 1. The minimum atomic E-state index is -3.79. The molecular formula is C20H26BClN2O6S. The number of halogens is 1. The number of sulfonamides is 1. The number of hydrogen-bond donors (Lipinski definition) is 1. The van der Waals surface area contributed by atoms with Crippen molar-refractivity contribution in [1.82, 2.24) is 5.06 Å². The molecule has 0 saturated carbocycles. The molecule has 0 aromatic heterocycles. The average Bonchev–Trinajstić information content (AvgIpc) is 2.68. The molecule has 0 fully saturated rings. The molecule has 31 heavy (non-hydrogen) atoms. The minimum absolute atomic E-state index is 0.0695. The molecule has 1 amide bonds. The first-order valence-electron chi connectivity index (χ1n) is 9.45. The largest absolute Gasteiger partial charge is 0.464 e. The van der Waals surface area contributed by atoms with Crippen molar-refractivity contribution < 1.29 is 27.4 Å². The van der Waals surface area contributed by atoms with Crippen molar-refractivity contribution in [2.75, 3.05) is 11.8 Å². The molecule has 11 heteroatoms. The van der Waals surface area contributed by atoms with Crippen LogP contribution in [0.4, 0.5) is 10.5 Å². The Kier molecular flexibility index (Phi) is 8.36. The lowest BCUT2D eigenvalue weighted by Crippen LogP contribution is -2.39. The number of benzene rings is 2. The van der Waals surface area contributed by atoms with E-state index in [0.29, 0.717) is 16.3 Å². The van der Waals surface area contributed by atoms with Gasteiger partial charge in [-0.1, -0.05) is 23.7 Å². The van der Waals surface area contributed by atoms with E-state index in [2.05, 4.69) is 4.72 Å². The molecular weight excluding hydrogens is 443 g/mol. The maximum absolute atomic E-state index is 12.6. The van der Waals surface area contributed by atoms with Gasteiger partial charge in [-0.2, -0.15) is 5.06 Å². The number of ether oxygens (including phenoxy) is 1. The molecule has 0 aliphatic rings. The normalized spacial score (nSPS) is 12.7. The fourth-order valence-corrected chi connectivity index (χ4v) is 3.72. The summed E-state index contributed by atoms with van der Waals surface area (Å²) in [6.45, 7) is 6.97. The second-order valence-corrected chi connectivity index (χ2v) is 9.82. The lowest BCUT2D eigenvalue weighted by molar-refractivity contribution is -0.103. The second-order valence-electron chi connectivity index (χ2n) is 7.70. The average molecular weight is 469 g/mol. The highest BCUT2D eigenvalue weighted by molar-refractivity contribution is 7.92. The Balaban J connectivity index is 2.20. The Morgan fingerprint density at radius 3 is 2.19 bits per heavy atom. The van der Waals surface area contributed by atoms with Crippen molar-refractivity contribution in [3.63, 3.8) is 0 Å². The molecule has 8 nitrogen and oxygen atoms in total. The number of nitrogens with zero attached hydrogens (tertiary/aromatic N) is 1. The fourth-order valence-electron chi connectivity index (χ4n) is 2.53. The van der Waals surface area contributed by atoms with Crippen LogP contribution in [0, 0.1) is 0 Å². The van der Waals surface area contributed by atoms with Gasteiger partial charge in [0.25, 0.3) is 10.0 Å². The van der Waals surface area contributed by atoms with E-state index in [-0.39, 0.29) is 12.6 Å². The SMILES string of the molecule is COBON(C(=O)OC(C)(C)C)C(C)c1ccc(S(=O)(=O)Nc2ccc(Cl)cc2)cc1. The Hall–Kier alpha value is -2.27. The number of rotatable bonds is 8. The zero-order chi connectivity index (χ0) is 23.2. The van der Waals surface area contributed by atoms with Gasteiger partial charge in [0, 0.05) is 17.8 Å². The molecule has 0 saturated heterocycles. The quantitative estimate of drug-likeness (QED) is 0.459. The fraction of sp³-hybridized carbons (Fsp3) is 0.350. The van der Waals surface area contributed by atoms with Crippen molar-refractivity contribution in [3.05, 3.63) is 59.1 Å². The van der Waals surface area contributed by atoms with Crippen LogP contribution < -0.4 is 4.72 Å². The first-order chi connectivity index (χ1) is 14.4. The number of nitrogens with one attached hydrogen (secondary N) is 1. The summed E-state index contributed by atoms with van der Waals surface area (Å²) >= 11 is 5.83. The van der Waals surface area contributed by atoms with E-state index in [1.165, 1.54) is 19.2 Å². The molecule has 0 aliphatic heterocycles. The smallest absolute Gasteiger partial charge is 0.442 e. The van der Waals surface area contributed by atoms with Crippen LogP contribution in [0.1, 0.15) is 39.3 Å².